The van der Waals surface area contributed by atoms with E-state index in [1.807, 2.05) is 27.9 Å². The normalized spacial score (nSPS) is 14.2. The van der Waals surface area contributed by atoms with Crippen LogP contribution in [-0.2, 0) is 14.9 Å². The third-order valence-corrected chi connectivity index (χ3v) is 3.95. The van der Waals surface area contributed by atoms with E-state index in [1.54, 1.807) is 0 Å². The third-order valence-electron chi connectivity index (χ3n) is 3.25. The van der Waals surface area contributed by atoms with Crippen LogP contribution in [0.5, 0.6) is 0 Å². The first-order chi connectivity index (χ1) is 8.57. The van der Waals surface area contributed by atoms with Gasteiger partial charge in [0.15, 0.2) is 0 Å². The van der Waals surface area contributed by atoms with E-state index < -0.39 is 10.1 Å². The summed E-state index contributed by atoms with van der Waals surface area (Å²) in [7, 11) is -0.0925. The number of quaternary nitrogens is 1. The minimum Gasteiger partial charge on any atom is -0.356 e. The summed E-state index contributed by atoms with van der Waals surface area (Å²) in [6, 6.07) is 0. The van der Waals surface area contributed by atoms with Crippen LogP contribution in [0, 0.1) is 5.92 Å². The first kappa shape index (κ1) is 18.3. The van der Waals surface area contributed by atoms with Gasteiger partial charge in [-0.3, -0.25) is 9.35 Å². The molecule has 0 aromatic heterocycles. The van der Waals surface area contributed by atoms with Crippen LogP contribution < -0.4 is 5.32 Å². The predicted molar refractivity (Wildman–Crippen MR) is 75.3 cm³/mol. The highest BCUT2D eigenvalue weighted by Gasteiger charge is 2.18. The second kappa shape index (κ2) is 7.81. The van der Waals surface area contributed by atoms with Gasteiger partial charge in [-0.2, -0.15) is 8.42 Å². The summed E-state index contributed by atoms with van der Waals surface area (Å²) in [4.78, 5) is 11.5. The van der Waals surface area contributed by atoms with E-state index in [2.05, 4.69) is 5.32 Å². The first-order valence-electron chi connectivity index (χ1n) is 6.62. The van der Waals surface area contributed by atoms with Gasteiger partial charge in [0.05, 0.1) is 27.2 Å². The molecule has 114 valence electrons. The average molecular weight is 295 g/mol. The molecule has 7 heteroatoms. The fourth-order valence-corrected chi connectivity index (χ4v) is 2.28. The van der Waals surface area contributed by atoms with Crippen LogP contribution in [0.15, 0.2) is 0 Å². The molecule has 0 fully saturated rings. The third kappa shape index (κ3) is 9.86. The summed E-state index contributed by atoms with van der Waals surface area (Å²) in [5.41, 5.74) is 0. The van der Waals surface area contributed by atoms with Gasteiger partial charge in [0.2, 0.25) is 5.91 Å². The summed E-state index contributed by atoms with van der Waals surface area (Å²) in [6.07, 6.45) is 1.60. The Labute approximate surface area is 116 Å². The van der Waals surface area contributed by atoms with Crippen molar-refractivity contribution in [2.45, 2.75) is 26.7 Å². The Balaban J connectivity index is 3.90. The van der Waals surface area contributed by atoms with Crippen molar-refractivity contribution < 1.29 is 22.2 Å². The zero-order chi connectivity index (χ0) is 15.1. The summed E-state index contributed by atoms with van der Waals surface area (Å²) in [5.74, 6) is -0.146. The van der Waals surface area contributed by atoms with Gasteiger partial charge in [-0.1, -0.05) is 13.8 Å². The Bertz CT molecular complexity index is 379. The van der Waals surface area contributed by atoms with Crippen LogP contribution in [0.4, 0.5) is 0 Å². The number of nitrogens with one attached hydrogen (secondary N) is 1. The highest BCUT2D eigenvalue weighted by atomic mass is 32.2. The highest BCUT2D eigenvalue weighted by Crippen LogP contribution is 2.02. The van der Waals surface area contributed by atoms with Crippen LogP contribution in [0.3, 0.4) is 0 Å². The lowest BCUT2D eigenvalue weighted by Crippen LogP contribution is -2.45. The quantitative estimate of drug-likeness (QED) is 0.369. The Morgan fingerprint density at radius 2 is 1.89 bits per heavy atom. The van der Waals surface area contributed by atoms with Crippen molar-refractivity contribution in [1.29, 1.82) is 0 Å². The number of hydrogen-bond donors (Lipinski definition) is 2. The number of nitrogens with zero attached hydrogens (tertiary/aromatic N) is 1. The van der Waals surface area contributed by atoms with E-state index in [-0.39, 0.29) is 17.6 Å². The van der Waals surface area contributed by atoms with E-state index in [9.17, 15) is 13.2 Å². The Morgan fingerprint density at radius 3 is 2.37 bits per heavy atom. The van der Waals surface area contributed by atoms with Gasteiger partial charge in [-0.05, 0) is 6.42 Å². The maximum Gasteiger partial charge on any atom is 0.270 e. The number of carbonyl (C=O) groups is 1. The summed E-state index contributed by atoms with van der Waals surface area (Å²) >= 11 is 0. The Hall–Kier alpha value is -0.660. The van der Waals surface area contributed by atoms with Gasteiger partial charge in [0.1, 0.15) is 5.75 Å². The second-order valence-corrected chi connectivity index (χ2v) is 7.19. The van der Waals surface area contributed by atoms with Crippen LogP contribution in [-0.4, -0.2) is 62.8 Å². The second-order valence-electron chi connectivity index (χ2n) is 5.62. The molecule has 0 aromatic rings. The molecule has 0 spiro atoms. The molecule has 0 saturated heterocycles. The lowest BCUT2D eigenvalue weighted by atomic mass is 10.1. The average Bonchev–Trinajstić information content (AvgIpc) is 2.30. The minimum atomic E-state index is -3.90. The van der Waals surface area contributed by atoms with Crippen molar-refractivity contribution in [1.82, 2.24) is 5.32 Å². The zero-order valence-corrected chi connectivity index (χ0v) is 13.2. The fraction of sp³-hybridized carbons (Fsp3) is 0.917. The lowest BCUT2D eigenvalue weighted by Gasteiger charge is -2.29. The molecular formula is C12H27N2O4S+. The van der Waals surface area contributed by atoms with Crippen LogP contribution in [0.2, 0.25) is 0 Å². The van der Waals surface area contributed by atoms with Crippen molar-refractivity contribution in [3.05, 3.63) is 0 Å². The molecule has 1 unspecified atom stereocenters. The van der Waals surface area contributed by atoms with Gasteiger partial charge < -0.3 is 9.80 Å². The van der Waals surface area contributed by atoms with E-state index in [0.29, 0.717) is 17.6 Å². The zero-order valence-electron chi connectivity index (χ0n) is 12.3. The minimum absolute atomic E-state index is 0.0297. The number of carbonyl (C=O) groups excluding carboxylic acids is 1. The largest absolute Gasteiger partial charge is 0.356 e. The van der Waals surface area contributed by atoms with Gasteiger partial charge in [-0.25, -0.2) is 0 Å². The summed E-state index contributed by atoms with van der Waals surface area (Å²) in [6.45, 7) is 5.56. The van der Waals surface area contributed by atoms with Crippen molar-refractivity contribution in [3.63, 3.8) is 0 Å². The molecule has 19 heavy (non-hydrogen) atoms. The fourth-order valence-electron chi connectivity index (χ4n) is 1.55. The predicted octanol–water partition coefficient (Wildman–Crippen LogP) is 0.503. The molecule has 0 aliphatic rings. The molecule has 0 rings (SSSR count). The molecule has 1 amide bonds. The van der Waals surface area contributed by atoms with Gasteiger partial charge in [0, 0.05) is 18.9 Å². The maximum atomic E-state index is 11.5. The van der Waals surface area contributed by atoms with E-state index in [0.717, 1.165) is 19.4 Å². The smallest absolute Gasteiger partial charge is 0.270 e. The van der Waals surface area contributed by atoms with Gasteiger partial charge in [-0.15, -0.1) is 0 Å². The number of rotatable bonds is 9. The van der Waals surface area contributed by atoms with E-state index in [1.165, 1.54) is 0 Å². The Kier molecular flexibility index (Phi) is 7.54. The highest BCUT2D eigenvalue weighted by molar-refractivity contribution is 7.85. The summed E-state index contributed by atoms with van der Waals surface area (Å²) < 4.78 is 30.6. The first-order valence-corrected chi connectivity index (χ1v) is 8.23. The van der Waals surface area contributed by atoms with Crippen LogP contribution in [0.1, 0.15) is 26.7 Å². The monoisotopic (exact) mass is 295 g/mol. The Morgan fingerprint density at radius 1 is 1.32 bits per heavy atom. The molecule has 0 heterocycles. The molecule has 0 aromatic carbocycles. The maximum absolute atomic E-state index is 11.5. The molecule has 1 atom stereocenters. The van der Waals surface area contributed by atoms with Gasteiger partial charge in [0.25, 0.3) is 10.1 Å². The SMILES string of the molecule is CCC(C)C(=O)NCCC[N+](C)(C)CCS(=O)(=O)O. The molecule has 0 aliphatic heterocycles. The molecule has 6 nitrogen and oxygen atoms in total. The molecule has 2 N–H and O–H groups in total. The van der Waals surface area contributed by atoms with Crippen molar-refractivity contribution in [3.8, 4) is 0 Å². The van der Waals surface area contributed by atoms with Crippen molar-refractivity contribution >= 4 is 16.0 Å². The topological polar surface area (TPSA) is 83.5 Å². The van der Waals surface area contributed by atoms with Crippen LogP contribution >= 0.6 is 0 Å². The van der Waals surface area contributed by atoms with Crippen molar-refractivity contribution in [2.75, 3.05) is 39.5 Å². The lowest BCUT2D eigenvalue weighted by molar-refractivity contribution is -0.888. The molecule has 0 bridgehead atoms. The standard InChI is InChI=1S/C12H26N2O4S/c1-5-11(2)12(15)13-7-6-8-14(3,4)9-10-19(16,17)18/h11H,5-10H2,1-4H3,(H-,13,15,16,17,18)/p+1. The molecule has 0 radical (unpaired) electrons. The number of amides is 1. The van der Waals surface area contributed by atoms with Crippen molar-refractivity contribution in [2.24, 2.45) is 5.92 Å². The van der Waals surface area contributed by atoms with Gasteiger partial charge >= 0.3 is 0 Å². The molecule has 0 saturated carbocycles. The summed E-state index contributed by atoms with van der Waals surface area (Å²) in [5, 5.41) is 2.86. The number of hydrogen-bond acceptors (Lipinski definition) is 3. The van der Waals surface area contributed by atoms with E-state index in [4.69, 9.17) is 4.55 Å². The van der Waals surface area contributed by atoms with Crippen LogP contribution in [0.25, 0.3) is 0 Å². The van der Waals surface area contributed by atoms with E-state index >= 15 is 0 Å². The molecule has 0 aliphatic carbocycles. The molecular weight excluding hydrogens is 268 g/mol.